The predicted molar refractivity (Wildman–Crippen MR) is 134 cm³/mol. The van der Waals surface area contributed by atoms with Crippen LogP contribution in [0.15, 0.2) is 78.5 Å². The monoisotopic (exact) mass is 456 g/mol. The minimum atomic E-state index is -0.401. The van der Waals surface area contributed by atoms with Crippen LogP contribution in [0.1, 0.15) is 25.0 Å². The minimum absolute atomic E-state index is 0.229. The van der Waals surface area contributed by atoms with E-state index in [2.05, 4.69) is 19.2 Å². The molecule has 0 unspecified atom stereocenters. The van der Waals surface area contributed by atoms with Crippen molar-refractivity contribution in [2.75, 3.05) is 23.9 Å². The molecule has 1 aliphatic rings. The van der Waals surface area contributed by atoms with Gasteiger partial charge in [-0.05, 0) is 72.5 Å². The summed E-state index contributed by atoms with van der Waals surface area (Å²) in [6, 6.07) is 21.8. The summed E-state index contributed by atoms with van der Waals surface area (Å²) in [5, 5.41) is 3.17. The molecular weight excluding hydrogens is 428 g/mol. The van der Waals surface area contributed by atoms with Gasteiger partial charge in [0, 0.05) is 5.69 Å². The zero-order valence-electron chi connectivity index (χ0n) is 19.8. The van der Waals surface area contributed by atoms with Crippen molar-refractivity contribution in [3.05, 3.63) is 89.6 Å². The summed E-state index contributed by atoms with van der Waals surface area (Å²) in [4.78, 5) is 28.3. The second kappa shape index (κ2) is 9.83. The fourth-order valence-corrected chi connectivity index (χ4v) is 3.71. The molecule has 2 amide bonds. The first kappa shape index (κ1) is 23.1. The number of nitrogens with zero attached hydrogens (tertiary/aromatic N) is 1. The van der Waals surface area contributed by atoms with Crippen LogP contribution in [-0.2, 0) is 9.59 Å². The maximum absolute atomic E-state index is 13.6. The Bertz CT molecular complexity index is 1230. The summed E-state index contributed by atoms with van der Waals surface area (Å²) in [6.07, 6.45) is 0. The summed E-state index contributed by atoms with van der Waals surface area (Å²) in [5.41, 5.74) is 3.36. The second-order valence-electron chi connectivity index (χ2n) is 8.62. The lowest BCUT2D eigenvalue weighted by molar-refractivity contribution is -0.120. The fourth-order valence-electron chi connectivity index (χ4n) is 3.71. The van der Waals surface area contributed by atoms with Gasteiger partial charge < -0.3 is 14.8 Å². The fraction of sp³-hybridized carbons (Fsp3) is 0.214. The molecule has 0 aliphatic carbocycles. The normalized spacial score (nSPS) is 13.6. The van der Waals surface area contributed by atoms with E-state index in [1.54, 1.807) is 37.4 Å². The Labute approximate surface area is 199 Å². The van der Waals surface area contributed by atoms with Gasteiger partial charge in [-0.25, -0.2) is 4.90 Å². The predicted octanol–water partition coefficient (Wildman–Crippen LogP) is 5.44. The zero-order valence-corrected chi connectivity index (χ0v) is 19.8. The van der Waals surface area contributed by atoms with Gasteiger partial charge in [0.25, 0.3) is 11.8 Å². The van der Waals surface area contributed by atoms with Crippen molar-refractivity contribution in [1.82, 2.24) is 0 Å². The highest BCUT2D eigenvalue weighted by Crippen LogP contribution is 2.35. The van der Waals surface area contributed by atoms with Gasteiger partial charge in [0.1, 0.15) is 17.2 Å². The zero-order chi connectivity index (χ0) is 24.2. The van der Waals surface area contributed by atoms with Crippen LogP contribution in [0.5, 0.6) is 11.5 Å². The molecule has 6 heteroatoms. The topological polar surface area (TPSA) is 67.9 Å². The third-order valence-electron chi connectivity index (χ3n) is 5.43. The molecule has 0 spiro atoms. The summed E-state index contributed by atoms with van der Waals surface area (Å²) in [6.45, 7) is 6.69. The van der Waals surface area contributed by atoms with E-state index in [-0.39, 0.29) is 11.6 Å². The molecule has 0 saturated heterocycles. The van der Waals surface area contributed by atoms with Crippen LogP contribution in [-0.4, -0.2) is 25.5 Å². The molecule has 34 heavy (non-hydrogen) atoms. The molecule has 0 saturated carbocycles. The first-order valence-corrected chi connectivity index (χ1v) is 11.2. The van der Waals surface area contributed by atoms with Crippen LogP contribution in [0.2, 0.25) is 0 Å². The van der Waals surface area contributed by atoms with E-state index in [0.717, 1.165) is 11.3 Å². The number of carbonyl (C=O) groups is 2. The summed E-state index contributed by atoms with van der Waals surface area (Å²) in [5.74, 6) is 1.05. The van der Waals surface area contributed by atoms with E-state index in [1.165, 1.54) is 4.90 Å². The number of anilines is 2. The number of nitrogens with one attached hydrogen (secondary N) is 1. The first-order chi connectivity index (χ1) is 16.4. The molecule has 0 radical (unpaired) electrons. The largest absolute Gasteiger partial charge is 0.497 e. The average molecular weight is 457 g/mol. The molecule has 4 rings (SSSR count). The molecule has 0 atom stereocenters. The van der Waals surface area contributed by atoms with Crippen molar-refractivity contribution in [1.29, 1.82) is 0 Å². The van der Waals surface area contributed by atoms with Gasteiger partial charge >= 0.3 is 0 Å². The lowest BCUT2D eigenvalue weighted by atomic mass is 10.0. The molecule has 0 bridgehead atoms. The molecule has 3 aromatic carbocycles. The van der Waals surface area contributed by atoms with Crippen LogP contribution < -0.4 is 19.7 Å². The number of hydrogen-bond donors (Lipinski definition) is 1. The number of imide groups is 1. The molecule has 6 nitrogen and oxygen atoms in total. The van der Waals surface area contributed by atoms with E-state index in [9.17, 15) is 9.59 Å². The number of rotatable bonds is 8. The molecule has 3 aromatic rings. The summed E-state index contributed by atoms with van der Waals surface area (Å²) < 4.78 is 11.0. The van der Waals surface area contributed by atoms with Gasteiger partial charge in [-0.15, -0.1) is 0 Å². The molecule has 1 N–H and O–H groups in total. The Morgan fingerprint density at radius 1 is 0.882 bits per heavy atom. The van der Waals surface area contributed by atoms with Crippen molar-refractivity contribution in [3.63, 3.8) is 0 Å². The highest BCUT2D eigenvalue weighted by Gasteiger charge is 2.40. The lowest BCUT2D eigenvalue weighted by Gasteiger charge is -2.16. The molecule has 1 heterocycles. The maximum Gasteiger partial charge on any atom is 0.282 e. The van der Waals surface area contributed by atoms with Gasteiger partial charge in [-0.1, -0.05) is 38.1 Å². The Morgan fingerprint density at radius 3 is 2.18 bits per heavy atom. The highest BCUT2D eigenvalue weighted by molar-refractivity contribution is 6.46. The minimum Gasteiger partial charge on any atom is -0.497 e. The Kier molecular flexibility index (Phi) is 6.68. The second-order valence-corrected chi connectivity index (χ2v) is 8.62. The number of carbonyl (C=O) groups excluding carboxylic acids is 2. The van der Waals surface area contributed by atoms with Crippen molar-refractivity contribution >= 4 is 28.8 Å². The maximum atomic E-state index is 13.6. The summed E-state index contributed by atoms with van der Waals surface area (Å²) in [7, 11) is 1.59. The van der Waals surface area contributed by atoms with Gasteiger partial charge in [-0.3, -0.25) is 9.59 Å². The number of benzene rings is 3. The Morgan fingerprint density at radius 2 is 1.56 bits per heavy atom. The first-order valence-electron chi connectivity index (χ1n) is 11.2. The van der Waals surface area contributed by atoms with Gasteiger partial charge in [0.05, 0.1) is 25.0 Å². The van der Waals surface area contributed by atoms with Gasteiger partial charge in [0.2, 0.25) is 0 Å². The van der Waals surface area contributed by atoms with Crippen LogP contribution >= 0.6 is 0 Å². The van der Waals surface area contributed by atoms with Crippen molar-refractivity contribution in [2.45, 2.75) is 20.8 Å². The summed E-state index contributed by atoms with van der Waals surface area (Å²) >= 11 is 0. The standard InChI is InChI=1S/C28H28N2O4/c1-18(2)17-34-24-12-8-20(9-13-24)25-26(29-21-10-14-23(33-4)15-11-21)28(32)30(27(25)31)22-7-5-6-19(3)16-22/h5-16,18,29H,17H2,1-4H3. The lowest BCUT2D eigenvalue weighted by Crippen LogP contribution is -2.32. The molecule has 0 aromatic heterocycles. The third-order valence-corrected chi connectivity index (χ3v) is 5.43. The van der Waals surface area contributed by atoms with Crippen LogP contribution in [0.4, 0.5) is 11.4 Å². The van der Waals surface area contributed by atoms with Crippen LogP contribution in [0.3, 0.4) is 0 Å². The van der Waals surface area contributed by atoms with E-state index in [4.69, 9.17) is 9.47 Å². The van der Waals surface area contributed by atoms with E-state index in [0.29, 0.717) is 40.8 Å². The quantitative estimate of drug-likeness (QED) is 0.458. The van der Waals surface area contributed by atoms with E-state index >= 15 is 0 Å². The molecular formula is C28H28N2O4. The average Bonchev–Trinajstić information content (AvgIpc) is 3.07. The Balaban J connectivity index is 1.73. The van der Waals surface area contributed by atoms with Gasteiger partial charge in [0.15, 0.2) is 0 Å². The molecule has 0 fully saturated rings. The molecule has 1 aliphatic heterocycles. The van der Waals surface area contributed by atoms with Crippen molar-refractivity contribution < 1.29 is 19.1 Å². The van der Waals surface area contributed by atoms with Crippen LogP contribution in [0.25, 0.3) is 5.57 Å². The third kappa shape index (κ3) is 4.81. The SMILES string of the molecule is COc1ccc(NC2=C(c3ccc(OCC(C)C)cc3)C(=O)N(c3cccc(C)c3)C2=O)cc1. The number of methoxy groups -OCH3 is 1. The van der Waals surface area contributed by atoms with Crippen molar-refractivity contribution in [3.8, 4) is 11.5 Å². The highest BCUT2D eigenvalue weighted by atomic mass is 16.5. The van der Waals surface area contributed by atoms with E-state index < -0.39 is 5.91 Å². The van der Waals surface area contributed by atoms with Crippen molar-refractivity contribution in [2.24, 2.45) is 5.92 Å². The number of aryl methyl sites for hydroxylation is 1. The smallest absolute Gasteiger partial charge is 0.282 e. The number of amides is 2. The molecule has 174 valence electrons. The van der Waals surface area contributed by atoms with Gasteiger partial charge in [-0.2, -0.15) is 0 Å². The Hall–Kier alpha value is -4.06. The number of ether oxygens (including phenoxy) is 2. The number of hydrogen-bond acceptors (Lipinski definition) is 5. The van der Waals surface area contributed by atoms with E-state index in [1.807, 2.05) is 49.4 Å². The van der Waals surface area contributed by atoms with Crippen LogP contribution in [0, 0.1) is 12.8 Å².